The SMILES string of the molecule is Cc1ccc(C)c(CSc2nc3n(n2)[C@@H](c2ccc(N(C)C)cc2)C2=C(CC(C)(C)CC2=O)N3)c1. The normalized spacial score (nSPS) is 18.7. The Bertz CT molecular complexity index is 1320. The van der Waals surface area contributed by atoms with Gasteiger partial charge in [0, 0.05) is 43.2 Å². The largest absolute Gasteiger partial charge is 0.378 e. The molecule has 3 aromatic rings. The van der Waals surface area contributed by atoms with Crippen molar-refractivity contribution in [2.24, 2.45) is 5.41 Å². The first-order chi connectivity index (χ1) is 16.6. The van der Waals surface area contributed by atoms with Gasteiger partial charge in [0.15, 0.2) is 5.78 Å². The Labute approximate surface area is 211 Å². The number of carbonyl (C=O) groups is 1. The number of aryl methyl sites for hydroxylation is 2. The van der Waals surface area contributed by atoms with Crippen LogP contribution >= 0.6 is 11.8 Å². The molecule has 0 bridgehead atoms. The predicted molar refractivity (Wildman–Crippen MR) is 143 cm³/mol. The summed E-state index contributed by atoms with van der Waals surface area (Å²) in [7, 11) is 4.06. The van der Waals surface area contributed by atoms with Crippen molar-refractivity contribution >= 4 is 29.2 Å². The van der Waals surface area contributed by atoms with Gasteiger partial charge in [-0.05, 0) is 54.5 Å². The van der Waals surface area contributed by atoms with Crippen LogP contribution in [-0.2, 0) is 10.5 Å². The van der Waals surface area contributed by atoms with Crippen LogP contribution in [0.1, 0.15) is 55.0 Å². The Morgan fingerprint density at radius 3 is 2.57 bits per heavy atom. The molecule has 0 fully saturated rings. The molecule has 0 amide bonds. The summed E-state index contributed by atoms with van der Waals surface area (Å²) in [6.45, 7) is 8.57. The van der Waals surface area contributed by atoms with E-state index >= 15 is 0 Å². The van der Waals surface area contributed by atoms with E-state index in [1.54, 1.807) is 11.8 Å². The second-order valence-electron chi connectivity index (χ2n) is 10.7. The second kappa shape index (κ2) is 8.86. The molecule has 0 spiro atoms. The van der Waals surface area contributed by atoms with Crippen LogP contribution in [0.25, 0.3) is 0 Å². The quantitative estimate of drug-likeness (QED) is 0.451. The van der Waals surface area contributed by atoms with Crippen molar-refractivity contribution in [1.29, 1.82) is 0 Å². The van der Waals surface area contributed by atoms with E-state index in [-0.39, 0.29) is 17.2 Å². The van der Waals surface area contributed by atoms with Gasteiger partial charge in [-0.3, -0.25) is 4.79 Å². The molecule has 1 aliphatic heterocycles. The van der Waals surface area contributed by atoms with Gasteiger partial charge in [-0.25, -0.2) is 4.68 Å². The first-order valence-corrected chi connectivity index (χ1v) is 13.1. The number of carbonyl (C=O) groups excluding carboxylic acids is 1. The number of fused-ring (bicyclic) bond motifs is 1. The molecule has 2 aromatic carbocycles. The number of allylic oxidation sites excluding steroid dienone is 2. The van der Waals surface area contributed by atoms with Gasteiger partial charge in [0.25, 0.3) is 0 Å². The molecule has 0 saturated carbocycles. The van der Waals surface area contributed by atoms with E-state index < -0.39 is 0 Å². The van der Waals surface area contributed by atoms with Crippen LogP contribution in [0.15, 0.2) is 58.9 Å². The Balaban J connectivity index is 1.52. The number of aromatic nitrogens is 3. The number of nitrogens with one attached hydrogen (secondary N) is 1. The van der Waals surface area contributed by atoms with Gasteiger partial charge in [0.2, 0.25) is 11.1 Å². The molecule has 0 unspecified atom stereocenters. The number of hydrogen-bond acceptors (Lipinski definition) is 6. The molecule has 2 heterocycles. The van der Waals surface area contributed by atoms with Gasteiger partial charge < -0.3 is 10.2 Å². The van der Waals surface area contributed by atoms with E-state index in [0.717, 1.165) is 39.9 Å². The molecular formula is C28H33N5OS. The van der Waals surface area contributed by atoms with E-state index in [2.05, 4.69) is 80.4 Å². The van der Waals surface area contributed by atoms with Crippen LogP contribution in [-0.4, -0.2) is 34.6 Å². The van der Waals surface area contributed by atoms with E-state index in [1.807, 2.05) is 18.8 Å². The van der Waals surface area contributed by atoms with Crippen LogP contribution in [0, 0.1) is 19.3 Å². The monoisotopic (exact) mass is 487 g/mol. The number of hydrogen-bond donors (Lipinski definition) is 1. The van der Waals surface area contributed by atoms with Crippen molar-refractivity contribution in [3.8, 4) is 0 Å². The highest BCUT2D eigenvalue weighted by Crippen LogP contribution is 2.45. The number of ketones is 1. The molecule has 0 saturated heterocycles. The van der Waals surface area contributed by atoms with Crippen molar-refractivity contribution in [3.05, 3.63) is 76.0 Å². The zero-order valence-corrected chi connectivity index (χ0v) is 22.2. The van der Waals surface area contributed by atoms with Crippen molar-refractivity contribution < 1.29 is 4.79 Å². The lowest BCUT2D eigenvalue weighted by Crippen LogP contribution is -2.36. The maximum Gasteiger partial charge on any atom is 0.227 e. The van der Waals surface area contributed by atoms with Gasteiger partial charge in [0.1, 0.15) is 6.04 Å². The lowest BCUT2D eigenvalue weighted by atomic mass is 9.73. The highest BCUT2D eigenvalue weighted by Gasteiger charge is 2.41. The fourth-order valence-corrected chi connectivity index (χ4v) is 5.90. The molecule has 35 heavy (non-hydrogen) atoms. The van der Waals surface area contributed by atoms with E-state index in [0.29, 0.717) is 12.4 Å². The Hall–Kier alpha value is -3.06. The second-order valence-corrected chi connectivity index (χ2v) is 11.7. The summed E-state index contributed by atoms with van der Waals surface area (Å²) in [4.78, 5) is 20.4. The summed E-state index contributed by atoms with van der Waals surface area (Å²) in [5.74, 6) is 1.70. The molecule has 0 radical (unpaired) electrons. The van der Waals surface area contributed by atoms with Crippen molar-refractivity contribution in [1.82, 2.24) is 14.8 Å². The molecule has 1 aliphatic carbocycles. The van der Waals surface area contributed by atoms with Crippen LogP contribution < -0.4 is 10.2 Å². The topological polar surface area (TPSA) is 63.1 Å². The number of thioether (sulfide) groups is 1. The summed E-state index contributed by atoms with van der Waals surface area (Å²) in [5, 5.41) is 9.10. The minimum Gasteiger partial charge on any atom is -0.378 e. The Morgan fingerprint density at radius 1 is 1.11 bits per heavy atom. The molecule has 1 N–H and O–H groups in total. The fourth-order valence-electron chi connectivity index (χ4n) is 5.01. The van der Waals surface area contributed by atoms with E-state index in [4.69, 9.17) is 10.1 Å². The third-order valence-electron chi connectivity index (χ3n) is 6.90. The van der Waals surface area contributed by atoms with Gasteiger partial charge in [-0.15, -0.1) is 5.10 Å². The van der Waals surface area contributed by atoms with Crippen molar-refractivity contribution in [2.75, 3.05) is 24.3 Å². The van der Waals surface area contributed by atoms with Gasteiger partial charge in [-0.1, -0.05) is 61.5 Å². The summed E-state index contributed by atoms with van der Waals surface area (Å²) in [6, 6.07) is 14.7. The molecule has 7 heteroatoms. The van der Waals surface area contributed by atoms with Gasteiger partial charge in [-0.2, -0.15) is 4.98 Å². The zero-order chi connectivity index (χ0) is 24.9. The molecule has 1 atom stereocenters. The zero-order valence-electron chi connectivity index (χ0n) is 21.3. The van der Waals surface area contributed by atoms with Crippen LogP contribution in [0.2, 0.25) is 0 Å². The average Bonchev–Trinajstić information content (AvgIpc) is 3.20. The molecule has 2 aliphatic rings. The average molecular weight is 488 g/mol. The number of nitrogens with zero attached hydrogens (tertiary/aromatic N) is 4. The molecule has 5 rings (SSSR count). The smallest absolute Gasteiger partial charge is 0.227 e. The van der Waals surface area contributed by atoms with Crippen molar-refractivity contribution in [3.63, 3.8) is 0 Å². The van der Waals surface area contributed by atoms with Crippen LogP contribution in [0.5, 0.6) is 0 Å². The summed E-state index contributed by atoms with van der Waals surface area (Å²) >= 11 is 1.63. The molecule has 1 aromatic heterocycles. The van der Waals surface area contributed by atoms with E-state index in [9.17, 15) is 4.79 Å². The van der Waals surface area contributed by atoms with Gasteiger partial charge in [0.05, 0.1) is 0 Å². The lowest BCUT2D eigenvalue weighted by molar-refractivity contribution is -0.118. The van der Waals surface area contributed by atoms with Gasteiger partial charge >= 0.3 is 0 Å². The molecule has 182 valence electrons. The Kier molecular flexibility index (Phi) is 5.99. The minimum atomic E-state index is -0.274. The summed E-state index contributed by atoms with van der Waals surface area (Å²) in [5.41, 5.74) is 7.72. The highest BCUT2D eigenvalue weighted by atomic mass is 32.2. The number of Topliss-reactive ketones (excluding diaryl/α,β-unsaturated/α-hetero) is 1. The Morgan fingerprint density at radius 2 is 1.86 bits per heavy atom. The first kappa shape index (κ1) is 23.7. The van der Waals surface area contributed by atoms with E-state index in [1.165, 1.54) is 16.7 Å². The minimum absolute atomic E-state index is 0.0787. The highest BCUT2D eigenvalue weighted by molar-refractivity contribution is 7.98. The fraction of sp³-hybridized carbons (Fsp3) is 0.393. The van der Waals surface area contributed by atoms with Crippen LogP contribution in [0.4, 0.5) is 11.6 Å². The number of anilines is 2. The maximum atomic E-state index is 13.4. The molecular weight excluding hydrogens is 454 g/mol. The lowest BCUT2D eigenvalue weighted by Gasteiger charge is -2.38. The third kappa shape index (κ3) is 4.61. The number of benzene rings is 2. The number of rotatable bonds is 5. The third-order valence-corrected chi connectivity index (χ3v) is 7.79. The van der Waals surface area contributed by atoms with Crippen molar-refractivity contribution in [2.45, 2.75) is 57.5 Å². The predicted octanol–water partition coefficient (Wildman–Crippen LogP) is 5.91. The standard InChI is InChI=1S/C28H33N5OS/c1-17-7-8-18(2)20(13-17)16-35-27-30-26-29-22-14-28(3,4)15-23(34)24(22)25(33(26)31-27)19-9-11-21(12-10-19)32(5)6/h7-13,25H,14-16H2,1-6H3,(H,29,30,31)/t25-/m0/s1. The summed E-state index contributed by atoms with van der Waals surface area (Å²) < 4.78 is 1.91. The van der Waals surface area contributed by atoms with Crippen LogP contribution in [0.3, 0.4) is 0 Å². The first-order valence-electron chi connectivity index (χ1n) is 12.1. The summed E-state index contributed by atoms with van der Waals surface area (Å²) in [6.07, 6.45) is 1.36. The molecule has 6 nitrogen and oxygen atoms in total. The maximum absolute atomic E-state index is 13.4.